The van der Waals surface area contributed by atoms with Crippen LogP contribution in [0, 0.1) is 13.8 Å². The molecule has 0 saturated heterocycles. The molecule has 30 heavy (non-hydrogen) atoms. The number of aromatic nitrogens is 1. The zero-order valence-corrected chi connectivity index (χ0v) is 19.7. The second kappa shape index (κ2) is 8.20. The molecule has 1 aliphatic heterocycles. The predicted molar refractivity (Wildman–Crippen MR) is 124 cm³/mol. The summed E-state index contributed by atoms with van der Waals surface area (Å²) in [5, 5.41) is 10.3. The number of rotatable bonds is 4. The number of carboxylic acid groups (broad SMARTS) is 1. The molecule has 1 aliphatic rings. The molecule has 1 unspecified atom stereocenters. The number of nitrogens with zero attached hydrogens (tertiary/aromatic N) is 2. The van der Waals surface area contributed by atoms with Crippen LogP contribution < -0.4 is 4.90 Å². The number of thioether (sulfide) groups is 1. The molecule has 0 fully saturated rings. The molecule has 0 radical (unpaired) electrons. The summed E-state index contributed by atoms with van der Waals surface area (Å²) < 4.78 is 0.697. The minimum atomic E-state index is -1.01. The maximum absolute atomic E-state index is 13.2. The van der Waals surface area contributed by atoms with E-state index in [1.165, 1.54) is 23.1 Å². The lowest BCUT2D eigenvalue weighted by molar-refractivity contribution is -0.138. The number of aryl methyl sites for hydroxylation is 2. The Balaban J connectivity index is 1.80. The molecule has 1 aromatic heterocycles. The van der Waals surface area contributed by atoms with E-state index in [0.717, 1.165) is 21.7 Å². The summed E-state index contributed by atoms with van der Waals surface area (Å²) in [7, 11) is 0. The Bertz CT molecular complexity index is 1210. The molecule has 1 N–H and O–H groups in total. The van der Waals surface area contributed by atoms with Crippen LogP contribution >= 0.6 is 57.9 Å². The average Bonchev–Trinajstić information content (AvgIpc) is 3.08. The van der Waals surface area contributed by atoms with Gasteiger partial charge in [-0.25, -0.2) is 4.98 Å². The molecule has 4 rings (SSSR count). The predicted octanol–water partition coefficient (Wildman–Crippen LogP) is 6.36. The topological polar surface area (TPSA) is 70.5 Å². The Morgan fingerprint density at radius 2 is 1.93 bits per heavy atom. The van der Waals surface area contributed by atoms with E-state index in [1.807, 2.05) is 26.0 Å². The quantitative estimate of drug-likeness (QED) is 0.421. The number of hydrogen-bond donors (Lipinski definition) is 1. The van der Waals surface area contributed by atoms with Crippen molar-refractivity contribution in [2.45, 2.75) is 37.0 Å². The third-order valence-corrected chi connectivity index (χ3v) is 8.39. The number of carbonyl (C=O) groups is 2. The van der Waals surface area contributed by atoms with Crippen molar-refractivity contribution in [1.29, 1.82) is 0 Å². The molecule has 2 heterocycles. The first-order valence-electron chi connectivity index (χ1n) is 8.89. The van der Waals surface area contributed by atoms with E-state index in [1.54, 1.807) is 11.0 Å². The number of thiazole rings is 1. The van der Waals surface area contributed by atoms with E-state index in [-0.39, 0.29) is 18.9 Å². The van der Waals surface area contributed by atoms with Crippen molar-refractivity contribution in [1.82, 2.24) is 4.98 Å². The first-order valence-corrected chi connectivity index (χ1v) is 11.7. The van der Waals surface area contributed by atoms with Gasteiger partial charge in [-0.05, 0) is 37.1 Å². The number of aliphatic carboxylic acids is 1. The highest BCUT2D eigenvalue weighted by molar-refractivity contribution is 8.01. The van der Waals surface area contributed by atoms with Gasteiger partial charge in [0.1, 0.15) is 10.5 Å². The average molecular weight is 502 g/mol. The van der Waals surface area contributed by atoms with Crippen LogP contribution in [-0.4, -0.2) is 27.2 Å². The minimum absolute atomic E-state index is 0.190. The number of carbonyl (C=O) groups excluding carboxylic acids is 1. The number of hydrogen-bond acceptors (Lipinski definition) is 5. The van der Waals surface area contributed by atoms with E-state index in [0.29, 0.717) is 30.3 Å². The van der Waals surface area contributed by atoms with Crippen molar-refractivity contribution in [3.05, 3.63) is 49.4 Å². The van der Waals surface area contributed by atoms with Gasteiger partial charge in [-0.1, -0.05) is 40.9 Å². The highest BCUT2D eigenvalue weighted by atomic mass is 35.5. The highest BCUT2D eigenvalue weighted by Gasteiger charge is 2.36. The molecular weight excluding hydrogens is 487 g/mol. The van der Waals surface area contributed by atoms with Crippen LogP contribution in [0.4, 0.5) is 5.69 Å². The van der Waals surface area contributed by atoms with Crippen LogP contribution in [0.3, 0.4) is 0 Å². The molecular formula is C20H15Cl3N2O3S2. The molecule has 0 aliphatic carbocycles. The van der Waals surface area contributed by atoms with Gasteiger partial charge in [-0.3, -0.25) is 9.59 Å². The lowest BCUT2D eigenvalue weighted by atomic mass is 10.1. The Morgan fingerprint density at radius 3 is 2.63 bits per heavy atom. The summed E-state index contributed by atoms with van der Waals surface area (Å²) in [6.45, 7) is 4.11. The largest absolute Gasteiger partial charge is 0.481 e. The van der Waals surface area contributed by atoms with Crippen LogP contribution in [0.5, 0.6) is 0 Å². The lowest BCUT2D eigenvalue weighted by Crippen LogP contribution is -2.41. The molecule has 0 bridgehead atoms. The molecule has 10 heteroatoms. The summed E-state index contributed by atoms with van der Waals surface area (Å²) >= 11 is 21.3. The normalized spacial score (nSPS) is 16.2. The summed E-state index contributed by atoms with van der Waals surface area (Å²) in [5.74, 6) is -1.27. The van der Waals surface area contributed by atoms with Gasteiger partial charge < -0.3 is 10.0 Å². The number of anilines is 1. The monoisotopic (exact) mass is 500 g/mol. The van der Waals surface area contributed by atoms with Crippen molar-refractivity contribution >= 4 is 85.7 Å². The molecule has 5 nitrogen and oxygen atoms in total. The summed E-state index contributed by atoms with van der Waals surface area (Å²) in [6.07, 6.45) is -0.250. The first kappa shape index (κ1) is 21.7. The summed E-state index contributed by atoms with van der Waals surface area (Å²) in [4.78, 5) is 31.6. The number of fused-ring (bicyclic) bond motifs is 2. The minimum Gasteiger partial charge on any atom is -0.481 e. The van der Waals surface area contributed by atoms with Crippen molar-refractivity contribution < 1.29 is 14.7 Å². The van der Waals surface area contributed by atoms with E-state index >= 15 is 0 Å². The zero-order chi connectivity index (χ0) is 21.7. The smallest absolute Gasteiger partial charge is 0.305 e. The van der Waals surface area contributed by atoms with Crippen LogP contribution in [0.1, 0.15) is 22.6 Å². The molecule has 1 atom stereocenters. The van der Waals surface area contributed by atoms with Gasteiger partial charge in [0.2, 0.25) is 5.91 Å². The molecule has 1 amide bonds. The number of amides is 1. The Morgan fingerprint density at radius 1 is 1.20 bits per heavy atom. The van der Waals surface area contributed by atoms with Gasteiger partial charge in [0.25, 0.3) is 0 Å². The van der Waals surface area contributed by atoms with Crippen LogP contribution in [0.2, 0.25) is 15.1 Å². The summed E-state index contributed by atoms with van der Waals surface area (Å²) in [5.41, 5.74) is 3.28. The Labute approximate surface area is 195 Å². The SMILES string of the molecule is Cc1cc(C)c2c(c1)N(Cc1nc3c(Cl)c(Cl)cc(Cl)c3s1)C(=O)C(CC(=O)O)S2. The van der Waals surface area contributed by atoms with Crippen molar-refractivity contribution in [3.8, 4) is 0 Å². The van der Waals surface area contributed by atoms with E-state index in [9.17, 15) is 14.7 Å². The van der Waals surface area contributed by atoms with Crippen LogP contribution in [-0.2, 0) is 16.1 Å². The number of benzene rings is 2. The van der Waals surface area contributed by atoms with Crippen molar-refractivity contribution in [2.24, 2.45) is 0 Å². The van der Waals surface area contributed by atoms with Gasteiger partial charge >= 0.3 is 5.97 Å². The fourth-order valence-corrected chi connectivity index (χ4v) is 6.51. The second-order valence-corrected chi connectivity index (χ2v) is 10.5. The Hall–Kier alpha value is -1.51. The van der Waals surface area contributed by atoms with Gasteiger partial charge in [0.05, 0.1) is 43.7 Å². The van der Waals surface area contributed by atoms with E-state index in [2.05, 4.69) is 4.98 Å². The van der Waals surface area contributed by atoms with Gasteiger partial charge in [0.15, 0.2) is 0 Å². The van der Waals surface area contributed by atoms with Crippen molar-refractivity contribution in [2.75, 3.05) is 4.90 Å². The molecule has 3 aromatic rings. The van der Waals surface area contributed by atoms with Gasteiger partial charge in [-0.2, -0.15) is 0 Å². The van der Waals surface area contributed by atoms with Gasteiger partial charge in [-0.15, -0.1) is 23.1 Å². The van der Waals surface area contributed by atoms with Crippen LogP contribution in [0.15, 0.2) is 23.1 Å². The standard InChI is InChI=1S/C20H15Cl3N2O3S2/c1-8-3-9(2)18-12(4-8)25(20(28)13(29-18)6-15(26)27)7-14-24-17-16(23)10(21)5-11(22)19(17)30-14/h3-5,13H,6-7H2,1-2H3,(H,26,27). The molecule has 2 aromatic carbocycles. The molecule has 0 spiro atoms. The van der Waals surface area contributed by atoms with Crippen LogP contribution in [0.25, 0.3) is 10.2 Å². The second-order valence-electron chi connectivity index (χ2n) is 7.00. The summed E-state index contributed by atoms with van der Waals surface area (Å²) in [6, 6.07) is 5.54. The lowest BCUT2D eigenvalue weighted by Gasteiger charge is -2.34. The van der Waals surface area contributed by atoms with E-state index in [4.69, 9.17) is 34.8 Å². The number of halogens is 3. The third-order valence-electron chi connectivity index (χ3n) is 4.70. The molecule has 156 valence electrons. The number of carboxylic acids is 1. The van der Waals surface area contributed by atoms with E-state index < -0.39 is 11.2 Å². The molecule has 0 saturated carbocycles. The highest BCUT2D eigenvalue weighted by Crippen LogP contribution is 2.45. The first-order chi connectivity index (χ1) is 14.2. The maximum atomic E-state index is 13.2. The van der Waals surface area contributed by atoms with Crippen molar-refractivity contribution in [3.63, 3.8) is 0 Å². The fourth-order valence-electron chi connectivity index (χ4n) is 3.45. The maximum Gasteiger partial charge on any atom is 0.305 e. The van der Waals surface area contributed by atoms with Gasteiger partial charge in [0, 0.05) is 4.90 Å². The third kappa shape index (κ3) is 3.89. The zero-order valence-electron chi connectivity index (χ0n) is 15.8. The fraction of sp³-hybridized carbons (Fsp3) is 0.250. The Kier molecular flexibility index (Phi) is 5.94.